The third kappa shape index (κ3) is 4.09. The number of rotatable bonds is 5. The molecule has 1 atom stereocenters. The fourth-order valence-corrected chi connectivity index (χ4v) is 4.66. The summed E-state index contributed by atoms with van der Waals surface area (Å²) in [6, 6.07) is 4.92. The van der Waals surface area contributed by atoms with E-state index in [1.165, 1.54) is 4.57 Å². The summed E-state index contributed by atoms with van der Waals surface area (Å²) in [7, 11) is 0. The van der Waals surface area contributed by atoms with Gasteiger partial charge in [-0.15, -0.1) is 0 Å². The van der Waals surface area contributed by atoms with Crippen molar-refractivity contribution < 1.29 is 14.7 Å². The summed E-state index contributed by atoms with van der Waals surface area (Å²) in [6.45, 7) is 5.13. The second kappa shape index (κ2) is 8.54. The zero-order chi connectivity index (χ0) is 21.3. The maximum atomic E-state index is 12.8. The van der Waals surface area contributed by atoms with Crippen LogP contribution in [0.25, 0.3) is 10.2 Å². The molecule has 2 aliphatic heterocycles. The Hall–Kier alpha value is -2.76. The van der Waals surface area contributed by atoms with Gasteiger partial charge in [-0.2, -0.15) is 5.10 Å². The fraction of sp³-hybridized carbons (Fsp3) is 0.474. The van der Waals surface area contributed by atoms with E-state index in [4.69, 9.17) is 5.11 Å². The summed E-state index contributed by atoms with van der Waals surface area (Å²) in [5.74, 6) is -0.0943. The van der Waals surface area contributed by atoms with Crippen molar-refractivity contribution in [2.24, 2.45) is 5.10 Å². The minimum Gasteiger partial charge on any atom is -0.395 e. The van der Waals surface area contributed by atoms with Crippen molar-refractivity contribution in [3.63, 3.8) is 0 Å². The number of carbonyl (C=O) groups is 2. The first-order valence-corrected chi connectivity index (χ1v) is 10.7. The highest BCUT2D eigenvalue weighted by atomic mass is 32.1. The molecular formula is C19H24N6O4S. The highest BCUT2D eigenvalue weighted by molar-refractivity contribution is 7.16. The average molecular weight is 433 g/mol. The van der Waals surface area contributed by atoms with E-state index < -0.39 is 0 Å². The minimum absolute atomic E-state index is 0.0146. The Labute approximate surface area is 176 Å². The Kier molecular flexibility index (Phi) is 5.84. The predicted octanol–water partition coefficient (Wildman–Crippen LogP) is -0.395. The van der Waals surface area contributed by atoms with Crippen LogP contribution < -0.4 is 15.6 Å². The van der Waals surface area contributed by atoms with Crippen molar-refractivity contribution in [1.82, 2.24) is 25.1 Å². The number of aliphatic hydroxyl groups excluding tert-OH is 1. The van der Waals surface area contributed by atoms with E-state index in [1.807, 2.05) is 25.1 Å². The molecule has 11 heteroatoms. The van der Waals surface area contributed by atoms with Crippen LogP contribution in [-0.4, -0.2) is 82.5 Å². The third-order valence-corrected chi connectivity index (χ3v) is 6.39. The van der Waals surface area contributed by atoms with Gasteiger partial charge in [0.2, 0.25) is 5.91 Å². The zero-order valence-electron chi connectivity index (χ0n) is 16.6. The number of benzene rings is 1. The van der Waals surface area contributed by atoms with Crippen LogP contribution in [0, 0.1) is 0 Å². The Morgan fingerprint density at radius 3 is 2.73 bits per heavy atom. The first-order chi connectivity index (χ1) is 14.5. The molecule has 1 aromatic carbocycles. The van der Waals surface area contributed by atoms with Gasteiger partial charge in [0, 0.05) is 38.3 Å². The molecule has 0 bridgehead atoms. The molecule has 1 unspecified atom stereocenters. The Bertz CT molecular complexity index is 1050. The SMILES string of the molecule is CC1NC(=O)NN=C1c1ccc2sc(=O)n(CC(=O)N3CCN(CCO)CC3)c2c1. The summed E-state index contributed by atoms with van der Waals surface area (Å²) < 4.78 is 2.30. The van der Waals surface area contributed by atoms with Crippen LogP contribution in [0.2, 0.25) is 0 Å². The zero-order valence-corrected chi connectivity index (χ0v) is 17.4. The molecule has 4 rings (SSSR count). The highest BCUT2D eigenvalue weighted by Crippen LogP contribution is 2.21. The number of hydrogen-bond acceptors (Lipinski definition) is 7. The van der Waals surface area contributed by atoms with Crippen molar-refractivity contribution in [2.75, 3.05) is 39.3 Å². The number of piperazine rings is 1. The second-order valence-electron chi connectivity index (χ2n) is 7.39. The normalized spacial score (nSPS) is 20.1. The number of amides is 3. The third-order valence-electron chi connectivity index (χ3n) is 5.43. The predicted molar refractivity (Wildman–Crippen MR) is 114 cm³/mol. The number of aromatic nitrogens is 1. The Morgan fingerprint density at radius 2 is 2.03 bits per heavy atom. The molecule has 30 heavy (non-hydrogen) atoms. The molecule has 3 N–H and O–H groups in total. The number of urea groups is 1. The molecule has 1 saturated heterocycles. The van der Waals surface area contributed by atoms with Crippen LogP contribution in [0.3, 0.4) is 0 Å². The van der Waals surface area contributed by atoms with Gasteiger partial charge in [-0.1, -0.05) is 17.4 Å². The van der Waals surface area contributed by atoms with E-state index in [0.717, 1.165) is 21.6 Å². The second-order valence-corrected chi connectivity index (χ2v) is 8.38. The lowest BCUT2D eigenvalue weighted by molar-refractivity contribution is -0.133. The number of fused-ring (bicyclic) bond motifs is 1. The van der Waals surface area contributed by atoms with Gasteiger partial charge in [0.1, 0.15) is 6.54 Å². The molecular weight excluding hydrogens is 408 g/mol. The number of hydrazone groups is 1. The molecule has 0 saturated carbocycles. The number of nitrogens with one attached hydrogen (secondary N) is 2. The van der Waals surface area contributed by atoms with E-state index in [9.17, 15) is 14.4 Å². The molecule has 1 aromatic heterocycles. The first kappa shape index (κ1) is 20.5. The quantitative estimate of drug-likeness (QED) is 0.594. The van der Waals surface area contributed by atoms with Crippen molar-refractivity contribution in [3.05, 3.63) is 33.4 Å². The number of β-amino-alcohol motifs (C(OH)–C–C–N with tert-alkyl or cyclic N) is 1. The Balaban J connectivity index is 1.56. The molecule has 2 aliphatic rings. The number of aliphatic hydroxyl groups is 1. The lowest BCUT2D eigenvalue weighted by Gasteiger charge is -2.34. The van der Waals surface area contributed by atoms with Crippen molar-refractivity contribution in [2.45, 2.75) is 19.5 Å². The van der Waals surface area contributed by atoms with E-state index in [1.54, 1.807) is 4.90 Å². The van der Waals surface area contributed by atoms with Crippen LogP contribution in [0.15, 0.2) is 28.1 Å². The van der Waals surface area contributed by atoms with E-state index >= 15 is 0 Å². The van der Waals surface area contributed by atoms with Crippen LogP contribution in [0.5, 0.6) is 0 Å². The molecule has 3 heterocycles. The number of thiazole rings is 1. The van der Waals surface area contributed by atoms with Crippen LogP contribution >= 0.6 is 11.3 Å². The number of hydrogen-bond donors (Lipinski definition) is 3. The van der Waals surface area contributed by atoms with Crippen LogP contribution in [0.1, 0.15) is 12.5 Å². The standard InChI is InChI=1S/C19H24N6O4S/c1-12-17(21-22-18(28)20-12)13-2-3-15-14(10-13)25(19(29)30-15)11-16(27)24-6-4-23(5-7-24)8-9-26/h2-3,10,12,26H,4-9,11H2,1H3,(H2,20,22,28). The van der Waals surface area contributed by atoms with Gasteiger partial charge in [-0.05, 0) is 19.1 Å². The largest absolute Gasteiger partial charge is 0.395 e. The summed E-state index contributed by atoms with van der Waals surface area (Å²) in [6.07, 6.45) is 0. The van der Waals surface area contributed by atoms with E-state index in [-0.39, 0.29) is 36.0 Å². The van der Waals surface area contributed by atoms with Gasteiger partial charge in [0.15, 0.2) is 0 Å². The average Bonchev–Trinajstić information content (AvgIpc) is 3.03. The molecule has 3 amide bonds. The lowest BCUT2D eigenvalue weighted by Crippen LogP contribution is -2.50. The van der Waals surface area contributed by atoms with Gasteiger partial charge < -0.3 is 15.3 Å². The summed E-state index contributed by atoms with van der Waals surface area (Å²) >= 11 is 1.11. The molecule has 1 fully saturated rings. The smallest absolute Gasteiger partial charge is 0.335 e. The number of nitrogens with zero attached hydrogens (tertiary/aromatic N) is 4. The van der Waals surface area contributed by atoms with Gasteiger partial charge >= 0.3 is 10.9 Å². The van der Waals surface area contributed by atoms with E-state index in [2.05, 4.69) is 20.7 Å². The maximum Gasteiger partial charge on any atom is 0.335 e. The molecule has 2 aromatic rings. The van der Waals surface area contributed by atoms with Crippen molar-refractivity contribution in [3.8, 4) is 0 Å². The number of carbonyl (C=O) groups excluding carboxylic acids is 2. The van der Waals surface area contributed by atoms with Crippen LogP contribution in [0.4, 0.5) is 4.79 Å². The van der Waals surface area contributed by atoms with E-state index in [0.29, 0.717) is 44.0 Å². The molecule has 0 radical (unpaired) electrons. The molecule has 10 nitrogen and oxygen atoms in total. The highest BCUT2D eigenvalue weighted by Gasteiger charge is 2.24. The van der Waals surface area contributed by atoms with Gasteiger partial charge in [0.25, 0.3) is 0 Å². The minimum atomic E-state index is -0.357. The summed E-state index contributed by atoms with van der Waals surface area (Å²) in [4.78, 5) is 40.5. The van der Waals surface area contributed by atoms with Gasteiger partial charge in [-0.3, -0.25) is 19.1 Å². The van der Waals surface area contributed by atoms with Crippen LogP contribution in [-0.2, 0) is 11.3 Å². The summed E-state index contributed by atoms with van der Waals surface area (Å²) in [5, 5.41) is 15.9. The molecule has 0 aliphatic carbocycles. The van der Waals surface area contributed by atoms with Gasteiger partial charge in [0.05, 0.1) is 28.6 Å². The van der Waals surface area contributed by atoms with Crippen molar-refractivity contribution in [1.29, 1.82) is 0 Å². The molecule has 0 spiro atoms. The van der Waals surface area contributed by atoms with Crippen molar-refractivity contribution >= 4 is 39.2 Å². The maximum absolute atomic E-state index is 12.8. The van der Waals surface area contributed by atoms with Gasteiger partial charge in [-0.25, -0.2) is 10.2 Å². The lowest BCUT2D eigenvalue weighted by atomic mass is 10.0. The topological polar surface area (TPSA) is 119 Å². The Morgan fingerprint density at radius 1 is 1.27 bits per heavy atom. The monoisotopic (exact) mass is 432 g/mol. The first-order valence-electron chi connectivity index (χ1n) is 9.85. The molecule has 160 valence electrons. The summed E-state index contributed by atoms with van der Waals surface area (Å²) in [5.41, 5.74) is 4.53. The fourth-order valence-electron chi connectivity index (χ4n) is 3.79.